The summed E-state index contributed by atoms with van der Waals surface area (Å²) in [7, 11) is 0. The molecule has 162 valence electrons. The lowest BCUT2D eigenvalue weighted by Crippen LogP contribution is -2.68. The number of aliphatic hydroxyl groups is 3. The predicted molar refractivity (Wildman–Crippen MR) is 106 cm³/mol. The van der Waals surface area contributed by atoms with Crippen LogP contribution in [0.2, 0.25) is 0 Å². The lowest BCUT2D eigenvalue weighted by Gasteiger charge is -2.65. The van der Waals surface area contributed by atoms with E-state index in [0.717, 1.165) is 37.7 Å². The fourth-order valence-corrected chi connectivity index (χ4v) is 8.48. The third kappa shape index (κ3) is 2.46. The summed E-state index contributed by atoms with van der Waals surface area (Å²) >= 11 is 0. The zero-order chi connectivity index (χ0) is 20.8. The third-order valence-corrected chi connectivity index (χ3v) is 10.2. The van der Waals surface area contributed by atoms with Crippen LogP contribution in [0, 0.1) is 34.5 Å². The van der Waals surface area contributed by atoms with Crippen molar-refractivity contribution in [2.24, 2.45) is 40.2 Å². The summed E-state index contributed by atoms with van der Waals surface area (Å²) in [4.78, 5) is 11.7. The van der Waals surface area contributed by atoms with Gasteiger partial charge in [0.2, 0.25) is 0 Å². The van der Waals surface area contributed by atoms with Crippen LogP contribution in [0.3, 0.4) is 0 Å². The largest absolute Gasteiger partial charge is 0.458 e. The molecule has 4 fully saturated rings. The monoisotopic (exact) mass is 405 g/mol. The number of carbonyl (C=O) groups excluding carboxylic acids is 1. The van der Waals surface area contributed by atoms with Gasteiger partial charge in [0.25, 0.3) is 0 Å². The minimum Gasteiger partial charge on any atom is -0.458 e. The SMILES string of the molecule is C[C@]12CC(N)[C@@H](O)C[C@H]1CC[C@@H]1[C@@H]2C[C@@H](O)[C@]2(C)[C@@H](C3=CC(=O)OC3)CC[C@]12O. The summed E-state index contributed by atoms with van der Waals surface area (Å²) in [5.41, 5.74) is 5.51. The molecule has 6 heteroatoms. The number of rotatable bonds is 1. The first kappa shape index (κ1) is 20.0. The normalized spacial score (nSPS) is 56.8. The molecular weight excluding hydrogens is 370 g/mol. The summed E-state index contributed by atoms with van der Waals surface area (Å²) in [6.07, 6.45) is 5.93. The highest BCUT2D eigenvalue weighted by Gasteiger charge is 2.71. The molecule has 10 atom stereocenters. The summed E-state index contributed by atoms with van der Waals surface area (Å²) in [6, 6.07) is -0.238. The minimum atomic E-state index is -0.958. The van der Waals surface area contributed by atoms with Gasteiger partial charge in [-0.15, -0.1) is 0 Å². The fraction of sp³-hybridized carbons (Fsp3) is 0.870. The van der Waals surface area contributed by atoms with E-state index < -0.39 is 23.2 Å². The number of fused-ring (bicyclic) bond motifs is 5. The lowest BCUT2D eigenvalue weighted by atomic mass is 9.42. The maximum Gasteiger partial charge on any atom is 0.331 e. The molecule has 0 spiro atoms. The second-order valence-electron chi connectivity index (χ2n) is 11.0. The molecule has 5 N–H and O–H groups in total. The van der Waals surface area contributed by atoms with E-state index in [-0.39, 0.29) is 41.8 Å². The third-order valence-electron chi connectivity index (χ3n) is 10.2. The first-order valence-electron chi connectivity index (χ1n) is 11.3. The van der Waals surface area contributed by atoms with Crippen LogP contribution in [0.15, 0.2) is 11.6 Å². The average molecular weight is 406 g/mol. The summed E-state index contributed by atoms with van der Waals surface area (Å²) in [6.45, 7) is 4.58. The topological polar surface area (TPSA) is 113 Å². The summed E-state index contributed by atoms with van der Waals surface area (Å²) < 4.78 is 5.15. The molecule has 29 heavy (non-hydrogen) atoms. The molecule has 6 nitrogen and oxygen atoms in total. The van der Waals surface area contributed by atoms with Crippen molar-refractivity contribution in [2.45, 2.75) is 82.6 Å². The van der Waals surface area contributed by atoms with Crippen molar-refractivity contribution < 1.29 is 24.9 Å². The van der Waals surface area contributed by atoms with Crippen molar-refractivity contribution in [3.8, 4) is 0 Å². The number of esters is 1. The van der Waals surface area contributed by atoms with E-state index in [4.69, 9.17) is 10.5 Å². The zero-order valence-electron chi connectivity index (χ0n) is 17.5. The molecular formula is C23H35NO5. The van der Waals surface area contributed by atoms with Gasteiger partial charge >= 0.3 is 5.97 Å². The number of hydrogen-bond donors (Lipinski definition) is 4. The van der Waals surface area contributed by atoms with E-state index in [0.29, 0.717) is 18.8 Å². The van der Waals surface area contributed by atoms with E-state index in [1.54, 1.807) is 6.08 Å². The average Bonchev–Trinajstić information content (AvgIpc) is 3.20. The molecule has 5 aliphatic rings. The van der Waals surface area contributed by atoms with Crippen LogP contribution in [-0.2, 0) is 9.53 Å². The zero-order valence-corrected chi connectivity index (χ0v) is 17.5. The molecule has 4 saturated carbocycles. The number of nitrogens with two attached hydrogens (primary N) is 1. The highest BCUT2D eigenvalue weighted by atomic mass is 16.5. The van der Waals surface area contributed by atoms with Gasteiger partial charge in [0.15, 0.2) is 0 Å². The van der Waals surface area contributed by atoms with Crippen LogP contribution in [0.1, 0.15) is 58.8 Å². The Morgan fingerprint density at radius 3 is 2.59 bits per heavy atom. The van der Waals surface area contributed by atoms with E-state index >= 15 is 0 Å². The Morgan fingerprint density at radius 1 is 1.14 bits per heavy atom. The van der Waals surface area contributed by atoms with Gasteiger partial charge in [-0.1, -0.05) is 13.8 Å². The van der Waals surface area contributed by atoms with Crippen LogP contribution in [0.4, 0.5) is 0 Å². The lowest BCUT2D eigenvalue weighted by molar-refractivity contribution is -0.245. The van der Waals surface area contributed by atoms with Crippen molar-refractivity contribution in [2.75, 3.05) is 6.61 Å². The van der Waals surface area contributed by atoms with Crippen molar-refractivity contribution in [1.82, 2.24) is 0 Å². The fourth-order valence-electron chi connectivity index (χ4n) is 8.48. The molecule has 0 aromatic rings. The Labute approximate surface area is 172 Å². The Kier molecular flexibility index (Phi) is 4.33. The van der Waals surface area contributed by atoms with Gasteiger partial charge in [0, 0.05) is 17.5 Å². The van der Waals surface area contributed by atoms with Gasteiger partial charge in [-0.3, -0.25) is 0 Å². The molecule has 0 saturated heterocycles. The second kappa shape index (κ2) is 6.28. The highest BCUT2D eigenvalue weighted by molar-refractivity contribution is 5.85. The van der Waals surface area contributed by atoms with Crippen molar-refractivity contribution >= 4 is 5.97 Å². The van der Waals surface area contributed by atoms with Gasteiger partial charge in [0.05, 0.1) is 17.8 Å². The molecule has 0 aromatic carbocycles. The molecule has 5 rings (SSSR count). The van der Waals surface area contributed by atoms with E-state index in [9.17, 15) is 20.1 Å². The number of cyclic esters (lactones) is 1. The van der Waals surface area contributed by atoms with Crippen LogP contribution in [0.25, 0.3) is 0 Å². The smallest absolute Gasteiger partial charge is 0.331 e. The van der Waals surface area contributed by atoms with Gasteiger partial charge in [-0.25, -0.2) is 4.79 Å². The van der Waals surface area contributed by atoms with Gasteiger partial charge in [-0.05, 0) is 79.6 Å². The van der Waals surface area contributed by atoms with Crippen molar-refractivity contribution in [3.63, 3.8) is 0 Å². The molecule has 1 aliphatic heterocycles. The van der Waals surface area contributed by atoms with Gasteiger partial charge in [0.1, 0.15) is 6.61 Å². The highest BCUT2D eigenvalue weighted by Crippen LogP contribution is 2.69. The van der Waals surface area contributed by atoms with E-state index in [1.165, 1.54) is 0 Å². The first-order valence-corrected chi connectivity index (χ1v) is 11.3. The predicted octanol–water partition coefficient (Wildman–Crippen LogP) is 1.51. The Bertz CT molecular complexity index is 754. The standard InChI is InChI=1S/C23H35NO5/c1-21-10-17(24)18(25)8-13(21)3-4-15-16(21)9-19(26)22(2)14(5-6-23(15,22)28)12-7-20(27)29-11-12/h7,13-19,25-26,28H,3-6,8-11,24H2,1-2H3/t13-,14-,15-,16+,17?,18+,19-,21+,22+,23+/m1/s1. The maximum absolute atomic E-state index is 12.2. The van der Waals surface area contributed by atoms with Crippen LogP contribution < -0.4 is 5.73 Å². The maximum atomic E-state index is 12.2. The first-order chi connectivity index (χ1) is 13.6. The number of ether oxygens (including phenoxy) is 1. The molecule has 4 aliphatic carbocycles. The van der Waals surface area contributed by atoms with Crippen molar-refractivity contribution in [1.29, 1.82) is 0 Å². The number of hydrogen-bond acceptors (Lipinski definition) is 6. The molecule has 0 bridgehead atoms. The molecule has 0 aromatic heterocycles. The van der Waals surface area contributed by atoms with Crippen LogP contribution in [0.5, 0.6) is 0 Å². The van der Waals surface area contributed by atoms with Crippen LogP contribution >= 0.6 is 0 Å². The molecule has 1 unspecified atom stereocenters. The molecule has 0 radical (unpaired) electrons. The van der Waals surface area contributed by atoms with E-state index in [2.05, 4.69) is 6.92 Å². The molecule has 0 amide bonds. The van der Waals surface area contributed by atoms with Crippen molar-refractivity contribution in [3.05, 3.63) is 11.6 Å². The summed E-state index contributed by atoms with van der Waals surface area (Å²) in [5.74, 6) is 0.352. The molecule has 1 heterocycles. The Morgan fingerprint density at radius 2 is 1.90 bits per heavy atom. The minimum absolute atomic E-state index is 0.0316. The van der Waals surface area contributed by atoms with Crippen LogP contribution in [-0.4, -0.2) is 51.7 Å². The number of carbonyl (C=O) groups is 1. The van der Waals surface area contributed by atoms with Gasteiger partial charge in [-0.2, -0.15) is 0 Å². The Balaban J connectivity index is 1.51. The van der Waals surface area contributed by atoms with Gasteiger partial charge < -0.3 is 25.8 Å². The second-order valence-corrected chi connectivity index (χ2v) is 11.0. The van der Waals surface area contributed by atoms with E-state index in [1.807, 2.05) is 6.92 Å². The Hall–Kier alpha value is -0.950. The number of aliphatic hydroxyl groups excluding tert-OH is 2. The summed E-state index contributed by atoms with van der Waals surface area (Å²) in [5, 5.41) is 34.0. The quantitative estimate of drug-likeness (QED) is 0.492.